The molecule has 0 aliphatic rings. The van der Waals surface area contributed by atoms with Gasteiger partial charge in [0.1, 0.15) is 0 Å². The lowest BCUT2D eigenvalue weighted by Gasteiger charge is -2.24. The SMILES string of the molecule is CCC(C)N(C)CCNC(=NC)NCc1ccccc1Cl. The van der Waals surface area contributed by atoms with Crippen LogP contribution in [0.15, 0.2) is 29.3 Å². The first-order valence-electron chi connectivity index (χ1n) is 7.46. The van der Waals surface area contributed by atoms with Crippen molar-refractivity contribution in [1.82, 2.24) is 15.5 Å². The smallest absolute Gasteiger partial charge is 0.191 e. The van der Waals surface area contributed by atoms with Crippen molar-refractivity contribution in [2.45, 2.75) is 32.9 Å². The molecular weight excluding hydrogens is 284 g/mol. The molecule has 1 atom stereocenters. The van der Waals surface area contributed by atoms with Gasteiger partial charge in [0.2, 0.25) is 0 Å². The van der Waals surface area contributed by atoms with Gasteiger partial charge in [0.25, 0.3) is 0 Å². The summed E-state index contributed by atoms with van der Waals surface area (Å²) < 4.78 is 0. The summed E-state index contributed by atoms with van der Waals surface area (Å²) in [5, 5.41) is 7.38. The molecule has 0 radical (unpaired) electrons. The summed E-state index contributed by atoms with van der Waals surface area (Å²) in [6, 6.07) is 8.43. The van der Waals surface area contributed by atoms with E-state index in [4.69, 9.17) is 11.6 Å². The zero-order valence-corrected chi connectivity index (χ0v) is 14.2. The standard InChI is InChI=1S/C16H27ClN4/c1-5-13(2)21(4)11-10-19-16(18-3)20-12-14-8-6-7-9-15(14)17/h6-9,13H,5,10-12H2,1-4H3,(H2,18,19,20). The number of nitrogens with zero attached hydrogens (tertiary/aromatic N) is 2. The van der Waals surface area contributed by atoms with Gasteiger partial charge < -0.3 is 15.5 Å². The van der Waals surface area contributed by atoms with Gasteiger partial charge in [-0.15, -0.1) is 0 Å². The number of halogens is 1. The van der Waals surface area contributed by atoms with Crippen molar-refractivity contribution in [3.63, 3.8) is 0 Å². The van der Waals surface area contributed by atoms with E-state index in [1.54, 1.807) is 7.05 Å². The summed E-state index contributed by atoms with van der Waals surface area (Å²) in [4.78, 5) is 6.57. The number of benzene rings is 1. The molecule has 0 fully saturated rings. The molecule has 0 aliphatic heterocycles. The number of likely N-dealkylation sites (N-methyl/N-ethyl adjacent to an activating group) is 1. The average Bonchev–Trinajstić information content (AvgIpc) is 2.51. The molecule has 0 amide bonds. The molecule has 1 rings (SSSR count). The summed E-state index contributed by atoms with van der Waals surface area (Å²) in [6.07, 6.45) is 1.16. The molecule has 0 heterocycles. The lowest BCUT2D eigenvalue weighted by atomic mass is 10.2. The van der Waals surface area contributed by atoms with Crippen LogP contribution in [0.25, 0.3) is 0 Å². The monoisotopic (exact) mass is 310 g/mol. The van der Waals surface area contributed by atoms with E-state index in [1.807, 2.05) is 24.3 Å². The first-order chi connectivity index (χ1) is 10.1. The van der Waals surface area contributed by atoms with Gasteiger partial charge in [0, 0.05) is 37.7 Å². The van der Waals surface area contributed by atoms with Crippen molar-refractivity contribution >= 4 is 17.6 Å². The molecule has 0 bridgehead atoms. The maximum atomic E-state index is 6.14. The van der Waals surface area contributed by atoms with Gasteiger partial charge in [-0.3, -0.25) is 4.99 Å². The molecule has 2 N–H and O–H groups in total. The second-order valence-electron chi connectivity index (χ2n) is 5.18. The first kappa shape index (κ1) is 17.8. The van der Waals surface area contributed by atoms with Gasteiger partial charge in [0.15, 0.2) is 5.96 Å². The average molecular weight is 311 g/mol. The molecule has 4 nitrogen and oxygen atoms in total. The second-order valence-corrected chi connectivity index (χ2v) is 5.59. The number of aliphatic imine (C=N–C) groups is 1. The Kier molecular flexibility index (Phi) is 8.16. The Balaban J connectivity index is 2.35. The zero-order chi connectivity index (χ0) is 15.7. The second kappa shape index (κ2) is 9.64. The van der Waals surface area contributed by atoms with E-state index in [9.17, 15) is 0 Å². The van der Waals surface area contributed by atoms with Gasteiger partial charge in [-0.05, 0) is 32.0 Å². The normalized spacial score (nSPS) is 13.3. The van der Waals surface area contributed by atoms with E-state index in [-0.39, 0.29) is 0 Å². The fraction of sp³-hybridized carbons (Fsp3) is 0.562. The number of hydrogen-bond acceptors (Lipinski definition) is 2. The number of hydrogen-bond donors (Lipinski definition) is 2. The van der Waals surface area contributed by atoms with Crippen molar-refractivity contribution in [2.24, 2.45) is 4.99 Å². The molecule has 5 heteroatoms. The highest BCUT2D eigenvalue weighted by Crippen LogP contribution is 2.14. The highest BCUT2D eigenvalue weighted by Gasteiger charge is 2.06. The molecular formula is C16H27ClN4. The summed E-state index contributed by atoms with van der Waals surface area (Å²) in [5.41, 5.74) is 1.07. The Bertz CT molecular complexity index is 448. The van der Waals surface area contributed by atoms with E-state index in [1.165, 1.54) is 0 Å². The fourth-order valence-electron chi connectivity index (χ4n) is 1.92. The Labute approximate surface area is 133 Å². The van der Waals surface area contributed by atoms with E-state index >= 15 is 0 Å². The minimum absolute atomic E-state index is 0.602. The third-order valence-electron chi connectivity index (χ3n) is 3.73. The molecule has 0 spiro atoms. The van der Waals surface area contributed by atoms with E-state index in [0.717, 1.165) is 36.1 Å². The minimum Gasteiger partial charge on any atom is -0.355 e. The predicted octanol–water partition coefficient (Wildman–Crippen LogP) is 2.74. The Morgan fingerprint density at radius 3 is 2.67 bits per heavy atom. The Morgan fingerprint density at radius 1 is 1.33 bits per heavy atom. The Hall–Kier alpha value is -1.26. The van der Waals surface area contributed by atoms with Crippen molar-refractivity contribution in [3.05, 3.63) is 34.9 Å². The number of rotatable bonds is 7. The molecule has 1 unspecified atom stereocenters. The number of guanidine groups is 1. The van der Waals surface area contributed by atoms with Crippen molar-refractivity contribution < 1.29 is 0 Å². The summed E-state index contributed by atoms with van der Waals surface area (Å²) in [6.45, 7) is 6.97. The maximum Gasteiger partial charge on any atom is 0.191 e. The van der Waals surface area contributed by atoms with Gasteiger partial charge in [-0.25, -0.2) is 0 Å². The maximum absolute atomic E-state index is 6.14. The molecule has 0 aromatic heterocycles. The van der Waals surface area contributed by atoms with Crippen LogP contribution in [0.3, 0.4) is 0 Å². The van der Waals surface area contributed by atoms with Crippen LogP contribution < -0.4 is 10.6 Å². The fourth-order valence-corrected chi connectivity index (χ4v) is 2.13. The van der Waals surface area contributed by atoms with Crippen LogP contribution in [-0.4, -0.2) is 44.1 Å². The molecule has 1 aromatic rings. The third-order valence-corrected chi connectivity index (χ3v) is 4.10. The van der Waals surface area contributed by atoms with Crippen LogP contribution in [0.1, 0.15) is 25.8 Å². The van der Waals surface area contributed by atoms with Crippen molar-refractivity contribution in [1.29, 1.82) is 0 Å². The highest BCUT2D eigenvalue weighted by atomic mass is 35.5. The third kappa shape index (κ3) is 6.36. The molecule has 0 saturated heterocycles. The topological polar surface area (TPSA) is 39.7 Å². The van der Waals surface area contributed by atoms with Crippen LogP contribution in [0.2, 0.25) is 5.02 Å². The summed E-state index contributed by atoms with van der Waals surface area (Å²) in [5.74, 6) is 0.799. The summed E-state index contributed by atoms with van der Waals surface area (Å²) in [7, 11) is 3.93. The van der Waals surface area contributed by atoms with Gasteiger partial charge in [0.05, 0.1) is 0 Å². The van der Waals surface area contributed by atoms with E-state index in [0.29, 0.717) is 12.6 Å². The molecule has 0 aliphatic carbocycles. The first-order valence-corrected chi connectivity index (χ1v) is 7.84. The van der Waals surface area contributed by atoms with Crippen LogP contribution in [0.5, 0.6) is 0 Å². The largest absolute Gasteiger partial charge is 0.355 e. The lowest BCUT2D eigenvalue weighted by molar-refractivity contribution is 0.255. The zero-order valence-electron chi connectivity index (χ0n) is 13.5. The highest BCUT2D eigenvalue weighted by molar-refractivity contribution is 6.31. The molecule has 118 valence electrons. The van der Waals surface area contributed by atoms with Gasteiger partial charge >= 0.3 is 0 Å². The predicted molar refractivity (Wildman–Crippen MR) is 92.0 cm³/mol. The number of nitrogens with one attached hydrogen (secondary N) is 2. The summed E-state index contributed by atoms with van der Waals surface area (Å²) >= 11 is 6.14. The van der Waals surface area contributed by atoms with Gasteiger partial charge in [-0.1, -0.05) is 36.7 Å². The van der Waals surface area contributed by atoms with Crippen LogP contribution in [0, 0.1) is 0 Å². The lowest BCUT2D eigenvalue weighted by Crippen LogP contribution is -2.42. The van der Waals surface area contributed by atoms with E-state index in [2.05, 4.69) is 41.4 Å². The van der Waals surface area contributed by atoms with Crippen LogP contribution in [-0.2, 0) is 6.54 Å². The molecule has 0 saturated carbocycles. The Morgan fingerprint density at radius 2 is 2.05 bits per heavy atom. The van der Waals surface area contributed by atoms with E-state index < -0.39 is 0 Å². The van der Waals surface area contributed by atoms with Crippen molar-refractivity contribution in [2.75, 3.05) is 27.2 Å². The minimum atomic E-state index is 0.602. The van der Waals surface area contributed by atoms with Gasteiger partial charge in [-0.2, -0.15) is 0 Å². The molecule has 21 heavy (non-hydrogen) atoms. The van der Waals surface area contributed by atoms with Crippen LogP contribution in [0.4, 0.5) is 0 Å². The molecule has 1 aromatic carbocycles. The van der Waals surface area contributed by atoms with Crippen molar-refractivity contribution in [3.8, 4) is 0 Å². The quantitative estimate of drug-likeness (QED) is 0.601. The van der Waals surface area contributed by atoms with Crippen LogP contribution >= 0.6 is 11.6 Å².